The highest BCUT2D eigenvalue weighted by Crippen LogP contribution is 2.38. The average Bonchev–Trinajstić information content (AvgIpc) is 3.27. The Morgan fingerprint density at radius 3 is 2.57 bits per heavy atom. The van der Waals surface area contributed by atoms with Crippen LogP contribution in [-0.2, 0) is 4.79 Å². The first-order valence-corrected chi connectivity index (χ1v) is 11.5. The lowest BCUT2D eigenvalue weighted by atomic mass is 9.79. The molecular weight excluding hydrogens is 414 g/mol. The van der Waals surface area contributed by atoms with Gasteiger partial charge in [0.2, 0.25) is 0 Å². The number of nitrogens with zero attached hydrogens (tertiary/aromatic N) is 1. The van der Waals surface area contributed by atoms with Gasteiger partial charge in [-0.3, -0.25) is 9.59 Å². The Balaban J connectivity index is 1.85. The molecule has 0 saturated carbocycles. The number of anilines is 1. The molecule has 0 radical (unpaired) electrons. The lowest BCUT2D eigenvalue weighted by Gasteiger charge is -2.31. The number of ketones is 1. The summed E-state index contributed by atoms with van der Waals surface area (Å²) in [6, 6.07) is 15.2. The number of carbonyl (C=O) groups is 2. The van der Waals surface area contributed by atoms with Gasteiger partial charge in [0.05, 0.1) is 27.3 Å². The molecule has 0 unspecified atom stereocenters. The van der Waals surface area contributed by atoms with Crippen LogP contribution in [0.2, 0.25) is 0 Å². The summed E-state index contributed by atoms with van der Waals surface area (Å²) in [5, 5.41) is 18.6. The topological polar surface area (TPSA) is 82.0 Å². The van der Waals surface area contributed by atoms with Gasteiger partial charge in [0, 0.05) is 22.9 Å². The molecule has 0 aliphatic carbocycles. The molecule has 1 aliphatic heterocycles. The normalized spacial score (nSPS) is 16.3. The monoisotopic (exact) mass is 437 g/mol. The predicted octanol–water partition coefficient (Wildman–Crippen LogP) is 5.19. The number of thioether (sulfide) groups is 1. The zero-order valence-corrected chi connectivity index (χ0v) is 18.7. The third-order valence-electron chi connectivity index (χ3n) is 4.78. The van der Waals surface area contributed by atoms with E-state index in [0.717, 1.165) is 0 Å². The molecule has 0 bridgehead atoms. The van der Waals surface area contributed by atoms with E-state index in [4.69, 9.17) is 0 Å². The van der Waals surface area contributed by atoms with E-state index in [1.54, 1.807) is 6.07 Å². The van der Waals surface area contributed by atoms with Crippen molar-refractivity contribution in [1.29, 1.82) is 5.26 Å². The molecule has 1 aromatic carbocycles. The lowest BCUT2D eigenvalue weighted by Crippen LogP contribution is -2.34. The van der Waals surface area contributed by atoms with Crippen LogP contribution >= 0.6 is 23.1 Å². The number of para-hydroxylation sites is 1. The van der Waals surface area contributed by atoms with Crippen molar-refractivity contribution in [1.82, 2.24) is 5.32 Å². The summed E-state index contributed by atoms with van der Waals surface area (Å²) in [4.78, 5) is 26.2. The van der Waals surface area contributed by atoms with E-state index in [-0.39, 0.29) is 29.3 Å². The molecule has 7 heteroatoms. The van der Waals surface area contributed by atoms with E-state index in [9.17, 15) is 14.9 Å². The SMILES string of the molecule is CC1=C(C(=O)Nc2ccccc2)[C@@H](C(C)C)C(C#N)=C(SCC(=O)c2cccs2)N1. The molecular formula is C23H23N3O2S2. The van der Waals surface area contributed by atoms with Crippen molar-refractivity contribution in [2.75, 3.05) is 11.1 Å². The fourth-order valence-electron chi connectivity index (χ4n) is 3.40. The van der Waals surface area contributed by atoms with Crippen LogP contribution in [0.15, 0.2) is 69.7 Å². The number of hydrogen-bond donors (Lipinski definition) is 2. The van der Waals surface area contributed by atoms with E-state index < -0.39 is 0 Å². The largest absolute Gasteiger partial charge is 0.353 e. The maximum absolute atomic E-state index is 13.1. The van der Waals surface area contributed by atoms with Gasteiger partial charge in [-0.1, -0.05) is 49.9 Å². The summed E-state index contributed by atoms with van der Waals surface area (Å²) in [6.45, 7) is 5.83. The third-order valence-corrected chi connectivity index (χ3v) is 6.71. The number of nitrogens with one attached hydrogen (secondary N) is 2. The van der Waals surface area contributed by atoms with Crippen LogP contribution < -0.4 is 10.6 Å². The second kappa shape index (κ2) is 9.79. The van der Waals surface area contributed by atoms with Gasteiger partial charge < -0.3 is 10.6 Å². The number of dihydropyridines is 1. The first kappa shape index (κ1) is 21.9. The maximum Gasteiger partial charge on any atom is 0.253 e. The standard InChI is InChI=1S/C23H23N3O2S2/c1-14(2)20-17(12-24)23(30-13-18(27)19-10-7-11-29-19)25-15(3)21(20)22(28)26-16-8-5-4-6-9-16/h4-11,14,20,25H,13H2,1-3H3,(H,26,28)/t20-/m0/s1. The second-order valence-corrected chi connectivity index (χ2v) is 9.18. The second-order valence-electron chi connectivity index (χ2n) is 7.25. The van der Waals surface area contributed by atoms with E-state index >= 15 is 0 Å². The fourth-order valence-corrected chi connectivity index (χ4v) is 5.14. The third kappa shape index (κ3) is 4.84. The van der Waals surface area contributed by atoms with Crippen LogP contribution in [0, 0.1) is 23.2 Å². The Morgan fingerprint density at radius 1 is 1.23 bits per heavy atom. The van der Waals surface area contributed by atoms with Crippen molar-refractivity contribution < 1.29 is 9.59 Å². The van der Waals surface area contributed by atoms with Crippen molar-refractivity contribution in [3.63, 3.8) is 0 Å². The molecule has 154 valence electrons. The smallest absolute Gasteiger partial charge is 0.253 e. The lowest BCUT2D eigenvalue weighted by molar-refractivity contribution is -0.113. The van der Waals surface area contributed by atoms with Gasteiger partial charge in [-0.2, -0.15) is 5.26 Å². The molecule has 3 rings (SSSR count). The van der Waals surface area contributed by atoms with Crippen LogP contribution in [-0.4, -0.2) is 17.4 Å². The number of carbonyl (C=O) groups excluding carboxylic acids is 2. The fraction of sp³-hybridized carbons (Fsp3) is 0.261. The first-order chi connectivity index (χ1) is 14.4. The van der Waals surface area contributed by atoms with Crippen LogP contribution in [0.5, 0.6) is 0 Å². The molecule has 1 atom stereocenters. The molecule has 30 heavy (non-hydrogen) atoms. The Morgan fingerprint density at radius 2 is 1.97 bits per heavy atom. The Bertz CT molecular complexity index is 1030. The summed E-state index contributed by atoms with van der Waals surface area (Å²) in [5.41, 5.74) is 2.46. The molecule has 0 spiro atoms. The van der Waals surface area contributed by atoms with Gasteiger partial charge in [0.1, 0.15) is 0 Å². The van der Waals surface area contributed by atoms with Gasteiger partial charge in [-0.25, -0.2) is 0 Å². The van der Waals surface area contributed by atoms with Crippen molar-refractivity contribution >= 4 is 40.5 Å². The summed E-state index contributed by atoms with van der Waals surface area (Å²) in [6.07, 6.45) is 0. The number of benzene rings is 1. The van der Waals surface area contributed by atoms with Crippen molar-refractivity contribution in [3.05, 3.63) is 74.6 Å². The number of nitriles is 1. The van der Waals surface area contributed by atoms with Gasteiger partial charge in [-0.15, -0.1) is 11.3 Å². The predicted molar refractivity (Wildman–Crippen MR) is 123 cm³/mol. The molecule has 2 N–H and O–H groups in total. The van der Waals surface area contributed by atoms with Gasteiger partial charge in [-0.05, 0) is 36.4 Å². The van der Waals surface area contributed by atoms with Gasteiger partial charge >= 0.3 is 0 Å². The summed E-state index contributed by atoms with van der Waals surface area (Å²) < 4.78 is 0. The quantitative estimate of drug-likeness (QED) is 0.583. The maximum atomic E-state index is 13.1. The molecule has 2 heterocycles. The number of hydrogen-bond acceptors (Lipinski definition) is 6. The van der Waals surface area contributed by atoms with Gasteiger partial charge in [0.15, 0.2) is 5.78 Å². The molecule has 2 aromatic rings. The molecule has 1 amide bonds. The van der Waals surface area contributed by atoms with E-state index in [1.165, 1.54) is 23.1 Å². The Hall–Kier alpha value is -2.82. The summed E-state index contributed by atoms with van der Waals surface area (Å²) >= 11 is 2.73. The summed E-state index contributed by atoms with van der Waals surface area (Å²) in [7, 11) is 0. The zero-order valence-electron chi connectivity index (χ0n) is 17.1. The number of thiophene rings is 1. The number of rotatable bonds is 7. The van der Waals surface area contributed by atoms with Crippen LogP contribution in [0.3, 0.4) is 0 Å². The van der Waals surface area contributed by atoms with E-state index in [0.29, 0.717) is 32.4 Å². The highest BCUT2D eigenvalue weighted by atomic mass is 32.2. The molecule has 1 aliphatic rings. The molecule has 0 fully saturated rings. The Labute approximate surface area is 184 Å². The van der Waals surface area contributed by atoms with Crippen molar-refractivity contribution in [3.8, 4) is 6.07 Å². The van der Waals surface area contributed by atoms with Crippen molar-refractivity contribution in [2.24, 2.45) is 11.8 Å². The van der Waals surface area contributed by atoms with E-state index in [2.05, 4.69) is 16.7 Å². The summed E-state index contributed by atoms with van der Waals surface area (Å²) in [5.74, 6) is -0.276. The first-order valence-electron chi connectivity index (χ1n) is 9.60. The molecule has 0 saturated heterocycles. The van der Waals surface area contributed by atoms with Crippen molar-refractivity contribution in [2.45, 2.75) is 20.8 Å². The molecule has 5 nitrogen and oxygen atoms in total. The van der Waals surface area contributed by atoms with Crippen LogP contribution in [0.4, 0.5) is 5.69 Å². The van der Waals surface area contributed by atoms with Crippen LogP contribution in [0.1, 0.15) is 30.4 Å². The number of amides is 1. The van der Waals surface area contributed by atoms with Crippen LogP contribution in [0.25, 0.3) is 0 Å². The minimum Gasteiger partial charge on any atom is -0.353 e. The minimum absolute atomic E-state index is 0.0249. The Kier molecular flexibility index (Phi) is 7.14. The minimum atomic E-state index is -0.348. The molecule has 1 aromatic heterocycles. The highest BCUT2D eigenvalue weighted by molar-refractivity contribution is 8.03. The number of allylic oxidation sites excluding steroid dienone is 2. The van der Waals surface area contributed by atoms with Gasteiger partial charge in [0.25, 0.3) is 5.91 Å². The zero-order chi connectivity index (χ0) is 21.7. The van der Waals surface area contributed by atoms with E-state index in [1.807, 2.05) is 62.5 Å². The number of Topliss-reactive ketones (excluding diaryl/α,β-unsaturated/α-hetero) is 1. The highest BCUT2D eigenvalue weighted by Gasteiger charge is 2.35. The average molecular weight is 438 g/mol.